The van der Waals surface area contributed by atoms with Crippen LogP contribution in [0.1, 0.15) is 23.6 Å². The van der Waals surface area contributed by atoms with Crippen LogP contribution in [0.5, 0.6) is 0 Å². The van der Waals surface area contributed by atoms with E-state index >= 15 is 0 Å². The average molecular weight is 214 g/mol. The van der Waals surface area contributed by atoms with Crippen LogP contribution in [-0.4, -0.2) is 23.4 Å². The molecule has 0 unspecified atom stereocenters. The van der Waals surface area contributed by atoms with Crippen LogP contribution in [0, 0.1) is 5.41 Å². The Morgan fingerprint density at radius 2 is 1.79 bits per heavy atom. The van der Waals surface area contributed by atoms with Gasteiger partial charge in [-0.15, -0.1) is 11.3 Å². The van der Waals surface area contributed by atoms with Crippen molar-refractivity contribution in [3.8, 4) is 0 Å². The number of hydrogen-bond acceptors (Lipinski definition) is 3. The lowest BCUT2D eigenvalue weighted by atomic mass is 9.88. The number of rotatable bonds is 5. The Morgan fingerprint density at radius 1 is 1.21 bits per heavy atom. The van der Waals surface area contributed by atoms with Crippen molar-refractivity contribution in [1.29, 1.82) is 0 Å². The first-order valence-electron chi connectivity index (χ1n) is 4.93. The van der Waals surface area contributed by atoms with Gasteiger partial charge in [-0.3, -0.25) is 0 Å². The monoisotopic (exact) mass is 214 g/mol. The first-order chi connectivity index (χ1) is 6.63. The molecule has 2 N–H and O–H groups in total. The SMILES string of the molecule is CCc1ccc(CC(C)(CO)CO)s1. The Morgan fingerprint density at radius 3 is 2.21 bits per heavy atom. The van der Waals surface area contributed by atoms with Crippen molar-refractivity contribution in [3.05, 3.63) is 21.9 Å². The predicted octanol–water partition coefficient (Wildman–Crippen LogP) is 1.84. The molecule has 0 amide bonds. The highest BCUT2D eigenvalue weighted by Crippen LogP contribution is 2.26. The molecule has 0 atom stereocenters. The van der Waals surface area contributed by atoms with Crippen molar-refractivity contribution < 1.29 is 10.2 Å². The number of aryl methyl sites for hydroxylation is 1. The van der Waals surface area contributed by atoms with Crippen molar-refractivity contribution in [3.63, 3.8) is 0 Å². The van der Waals surface area contributed by atoms with Gasteiger partial charge in [0.2, 0.25) is 0 Å². The van der Waals surface area contributed by atoms with E-state index in [4.69, 9.17) is 10.2 Å². The molecular formula is C11H18O2S. The molecule has 0 radical (unpaired) electrons. The van der Waals surface area contributed by atoms with Gasteiger partial charge < -0.3 is 10.2 Å². The predicted molar refractivity (Wildman–Crippen MR) is 59.7 cm³/mol. The molecule has 80 valence electrons. The molecule has 0 saturated heterocycles. The number of aliphatic hydroxyl groups is 2. The fourth-order valence-corrected chi connectivity index (χ4v) is 2.46. The largest absolute Gasteiger partial charge is 0.396 e. The van der Waals surface area contributed by atoms with Crippen LogP contribution in [0.4, 0.5) is 0 Å². The molecule has 0 saturated carbocycles. The zero-order valence-electron chi connectivity index (χ0n) is 8.79. The Hall–Kier alpha value is -0.380. The molecule has 0 fully saturated rings. The van der Waals surface area contributed by atoms with E-state index in [1.165, 1.54) is 9.75 Å². The lowest BCUT2D eigenvalue weighted by Crippen LogP contribution is -2.28. The van der Waals surface area contributed by atoms with Gasteiger partial charge in [0.15, 0.2) is 0 Å². The van der Waals surface area contributed by atoms with E-state index in [0.29, 0.717) is 0 Å². The minimum absolute atomic E-state index is 0.0306. The van der Waals surface area contributed by atoms with Gasteiger partial charge in [-0.25, -0.2) is 0 Å². The van der Waals surface area contributed by atoms with Gasteiger partial charge in [-0.1, -0.05) is 13.8 Å². The summed E-state index contributed by atoms with van der Waals surface area (Å²) in [6.07, 6.45) is 1.81. The van der Waals surface area contributed by atoms with Crippen LogP contribution in [0.15, 0.2) is 12.1 Å². The Labute approximate surface area is 89.2 Å². The van der Waals surface area contributed by atoms with Crippen LogP contribution < -0.4 is 0 Å². The third-order valence-corrected chi connectivity index (χ3v) is 3.66. The fraction of sp³-hybridized carbons (Fsp3) is 0.636. The summed E-state index contributed by atoms with van der Waals surface area (Å²) in [5.74, 6) is 0. The van der Waals surface area contributed by atoms with Crippen molar-refractivity contribution in [2.24, 2.45) is 5.41 Å². The smallest absolute Gasteiger partial charge is 0.0510 e. The maximum absolute atomic E-state index is 9.16. The highest BCUT2D eigenvalue weighted by atomic mass is 32.1. The van der Waals surface area contributed by atoms with E-state index in [0.717, 1.165) is 12.8 Å². The molecule has 0 aromatic carbocycles. The average Bonchev–Trinajstić information content (AvgIpc) is 2.65. The molecule has 2 nitrogen and oxygen atoms in total. The van der Waals surface area contributed by atoms with E-state index in [2.05, 4.69) is 19.1 Å². The van der Waals surface area contributed by atoms with Crippen molar-refractivity contribution in [2.75, 3.05) is 13.2 Å². The van der Waals surface area contributed by atoms with E-state index in [1.54, 1.807) is 11.3 Å². The fourth-order valence-electron chi connectivity index (χ4n) is 1.29. The number of thiophene rings is 1. The highest BCUT2D eigenvalue weighted by molar-refractivity contribution is 7.11. The second kappa shape index (κ2) is 4.91. The molecule has 0 spiro atoms. The summed E-state index contributed by atoms with van der Waals surface area (Å²) in [6.45, 7) is 4.09. The molecule has 3 heteroatoms. The second-order valence-corrected chi connectivity index (χ2v) is 5.28. The zero-order chi connectivity index (χ0) is 10.6. The molecule has 1 heterocycles. The Bertz CT molecular complexity index is 277. The number of hydrogen-bond donors (Lipinski definition) is 2. The Kier molecular flexibility index (Phi) is 4.11. The van der Waals surface area contributed by atoms with Crippen LogP contribution in [0.3, 0.4) is 0 Å². The van der Waals surface area contributed by atoms with Gasteiger partial charge in [-0.2, -0.15) is 0 Å². The van der Waals surface area contributed by atoms with Crippen LogP contribution in [0.25, 0.3) is 0 Å². The minimum Gasteiger partial charge on any atom is -0.396 e. The molecular weight excluding hydrogens is 196 g/mol. The lowest BCUT2D eigenvalue weighted by Gasteiger charge is -2.23. The van der Waals surface area contributed by atoms with Crippen LogP contribution >= 0.6 is 11.3 Å². The highest BCUT2D eigenvalue weighted by Gasteiger charge is 2.23. The summed E-state index contributed by atoms with van der Waals surface area (Å²) in [7, 11) is 0. The van der Waals surface area contributed by atoms with E-state index in [-0.39, 0.29) is 18.6 Å². The van der Waals surface area contributed by atoms with Crippen molar-refractivity contribution in [2.45, 2.75) is 26.7 Å². The van der Waals surface area contributed by atoms with Crippen molar-refractivity contribution >= 4 is 11.3 Å². The van der Waals surface area contributed by atoms with Crippen molar-refractivity contribution in [1.82, 2.24) is 0 Å². The third-order valence-electron chi connectivity index (χ3n) is 2.43. The summed E-state index contributed by atoms with van der Waals surface area (Å²) in [6, 6.07) is 4.21. The number of aliphatic hydroxyl groups excluding tert-OH is 2. The molecule has 14 heavy (non-hydrogen) atoms. The molecule has 0 aliphatic rings. The maximum Gasteiger partial charge on any atom is 0.0510 e. The third kappa shape index (κ3) is 2.80. The van der Waals surface area contributed by atoms with Gasteiger partial charge in [-0.05, 0) is 25.0 Å². The minimum atomic E-state index is -0.379. The summed E-state index contributed by atoms with van der Waals surface area (Å²) < 4.78 is 0. The van der Waals surface area contributed by atoms with Gasteiger partial charge >= 0.3 is 0 Å². The standard InChI is InChI=1S/C11H18O2S/c1-3-9-4-5-10(14-9)6-11(2,7-12)8-13/h4-5,12-13H,3,6-8H2,1-2H3. The summed E-state index contributed by atoms with van der Waals surface area (Å²) in [4.78, 5) is 2.60. The quantitative estimate of drug-likeness (QED) is 0.785. The van der Waals surface area contributed by atoms with Gasteiger partial charge in [0.05, 0.1) is 13.2 Å². The second-order valence-electron chi connectivity index (χ2n) is 4.03. The maximum atomic E-state index is 9.16. The summed E-state index contributed by atoms with van der Waals surface area (Å²) >= 11 is 1.77. The summed E-state index contributed by atoms with van der Waals surface area (Å²) in [5, 5.41) is 18.3. The van der Waals surface area contributed by atoms with Gasteiger partial charge in [0.25, 0.3) is 0 Å². The summed E-state index contributed by atoms with van der Waals surface area (Å²) in [5.41, 5.74) is -0.379. The lowest BCUT2D eigenvalue weighted by molar-refractivity contribution is 0.0710. The first kappa shape index (κ1) is 11.7. The molecule has 1 rings (SSSR count). The zero-order valence-corrected chi connectivity index (χ0v) is 9.60. The molecule has 0 aliphatic carbocycles. The van der Waals surface area contributed by atoms with Crippen LogP contribution in [0.2, 0.25) is 0 Å². The molecule has 0 bridgehead atoms. The molecule has 1 aromatic rings. The van der Waals surface area contributed by atoms with E-state index in [1.807, 2.05) is 6.92 Å². The normalized spacial score (nSPS) is 12.0. The topological polar surface area (TPSA) is 40.5 Å². The van der Waals surface area contributed by atoms with E-state index < -0.39 is 0 Å². The molecule has 0 aliphatic heterocycles. The van der Waals surface area contributed by atoms with Gasteiger partial charge in [0.1, 0.15) is 0 Å². The van der Waals surface area contributed by atoms with Gasteiger partial charge in [0, 0.05) is 15.2 Å². The van der Waals surface area contributed by atoms with Crippen LogP contribution in [-0.2, 0) is 12.8 Å². The molecule has 1 aromatic heterocycles. The Balaban J connectivity index is 2.67. The first-order valence-corrected chi connectivity index (χ1v) is 5.74. The van der Waals surface area contributed by atoms with E-state index in [9.17, 15) is 0 Å².